The standard InChI is InChI=1S/C56H39NO/c1-56(52-24-11-8-21-47(52)48-22-9-12-25-53(48)56)43-36-50(55-51(37-43)49-23-10-13-26-54(49)58-55)41-29-33-45(34-30-41)57(44-31-27-40(28-32-44)38-15-4-2-5-16-38)46-20-14-19-42(35-46)39-17-6-3-7-18-39/h2-37H,1H3. The highest BCUT2D eigenvalue weighted by atomic mass is 16.3. The molecule has 0 radical (unpaired) electrons. The topological polar surface area (TPSA) is 16.4 Å². The second kappa shape index (κ2) is 13.7. The zero-order valence-corrected chi connectivity index (χ0v) is 32.1. The van der Waals surface area contributed by atoms with Gasteiger partial charge in [-0.2, -0.15) is 0 Å². The first kappa shape index (κ1) is 33.9. The molecule has 0 saturated heterocycles. The van der Waals surface area contributed by atoms with Crippen molar-refractivity contribution in [2.75, 3.05) is 4.90 Å². The normalized spacial score (nSPS) is 12.7. The monoisotopic (exact) mass is 741 g/mol. The Hall–Kier alpha value is -7.42. The molecule has 2 nitrogen and oxygen atoms in total. The third kappa shape index (κ3) is 5.49. The summed E-state index contributed by atoms with van der Waals surface area (Å²) < 4.78 is 6.74. The van der Waals surface area contributed by atoms with Crippen LogP contribution in [0.5, 0.6) is 0 Å². The van der Waals surface area contributed by atoms with E-state index in [2.05, 4.69) is 230 Å². The average molecular weight is 742 g/mol. The lowest BCUT2D eigenvalue weighted by molar-refractivity contribution is 0.668. The van der Waals surface area contributed by atoms with E-state index >= 15 is 0 Å². The molecule has 0 bridgehead atoms. The first-order valence-corrected chi connectivity index (χ1v) is 20.0. The fraction of sp³-hybridized carbons (Fsp3) is 0.0357. The van der Waals surface area contributed by atoms with E-state index in [9.17, 15) is 0 Å². The van der Waals surface area contributed by atoms with Crippen molar-refractivity contribution in [1.82, 2.24) is 0 Å². The summed E-state index contributed by atoms with van der Waals surface area (Å²) in [5.41, 5.74) is 18.2. The molecule has 11 rings (SSSR count). The van der Waals surface area contributed by atoms with Crippen molar-refractivity contribution in [3.63, 3.8) is 0 Å². The van der Waals surface area contributed by atoms with Gasteiger partial charge >= 0.3 is 0 Å². The van der Waals surface area contributed by atoms with Gasteiger partial charge < -0.3 is 9.32 Å². The Morgan fingerprint density at radius 1 is 0.362 bits per heavy atom. The van der Waals surface area contributed by atoms with Crippen LogP contribution in [0.4, 0.5) is 17.1 Å². The first-order chi connectivity index (χ1) is 28.6. The molecule has 0 aliphatic heterocycles. The molecule has 0 unspecified atom stereocenters. The first-order valence-electron chi connectivity index (χ1n) is 20.0. The molecular weight excluding hydrogens is 703 g/mol. The molecule has 0 saturated carbocycles. The second-order valence-electron chi connectivity index (χ2n) is 15.4. The lowest BCUT2D eigenvalue weighted by Gasteiger charge is -2.29. The van der Waals surface area contributed by atoms with Gasteiger partial charge in [-0.1, -0.05) is 164 Å². The van der Waals surface area contributed by atoms with Gasteiger partial charge in [0.25, 0.3) is 0 Å². The highest BCUT2D eigenvalue weighted by molar-refractivity contribution is 6.10. The van der Waals surface area contributed by atoms with Crippen LogP contribution in [0.1, 0.15) is 23.6 Å². The Morgan fingerprint density at radius 3 is 1.53 bits per heavy atom. The molecule has 0 spiro atoms. The molecule has 0 amide bonds. The molecule has 9 aromatic carbocycles. The van der Waals surface area contributed by atoms with Crippen molar-refractivity contribution in [3.8, 4) is 44.5 Å². The fourth-order valence-electron chi connectivity index (χ4n) is 9.22. The minimum atomic E-state index is -0.346. The summed E-state index contributed by atoms with van der Waals surface area (Å²) >= 11 is 0. The van der Waals surface area contributed by atoms with E-state index in [-0.39, 0.29) is 5.41 Å². The van der Waals surface area contributed by atoms with E-state index in [1.54, 1.807) is 0 Å². The predicted molar refractivity (Wildman–Crippen MR) is 242 cm³/mol. The van der Waals surface area contributed by atoms with Gasteiger partial charge in [0, 0.05) is 38.8 Å². The van der Waals surface area contributed by atoms with E-state index in [1.165, 1.54) is 50.1 Å². The van der Waals surface area contributed by atoms with Crippen LogP contribution in [0.3, 0.4) is 0 Å². The summed E-state index contributed by atoms with van der Waals surface area (Å²) in [5.74, 6) is 0. The molecule has 274 valence electrons. The van der Waals surface area contributed by atoms with Crippen LogP contribution in [0.25, 0.3) is 66.4 Å². The molecule has 58 heavy (non-hydrogen) atoms. The Balaban J connectivity index is 1.07. The Morgan fingerprint density at radius 2 is 0.879 bits per heavy atom. The molecule has 2 heteroatoms. The van der Waals surface area contributed by atoms with Crippen LogP contribution in [-0.2, 0) is 5.41 Å². The number of furan rings is 1. The quantitative estimate of drug-likeness (QED) is 0.162. The van der Waals surface area contributed by atoms with Crippen LogP contribution in [0.15, 0.2) is 223 Å². The second-order valence-corrected chi connectivity index (χ2v) is 15.4. The van der Waals surface area contributed by atoms with Crippen molar-refractivity contribution in [1.29, 1.82) is 0 Å². The van der Waals surface area contributed by atoms with E-state index in [0.717, 1.165) is 50.1 Å². The van der Waals surface area contributed by atoms with Crippen molar-refractivity contribution in [3.05, 3.63) is 235 Å². The molecule has 1 aliphatic rings. The number of fused-ring (bicyclic) bond motifs is 6. The zero-order chi connectivity index (χ0) is 38.6. The van der Waals surface area contributed by atoms with Crippen molar-refractivity contribution >= 4 is 39.0 Å². The van der Waals surface area contributed by atoms with Gasteiger partial charge in [-0.15, -0.1) is 0 Å². The summed E-state index contributed by atoms with van der Waals surface area (Å²) in [5, 5.41) is 2.26. The van der Waals surface area contributed by atoms with Gasteiger partial charge in [-0.05, 0) is 117 Å². The summed E-state index contributed by atoms with van der Waals surface area (Å²) in [6, 6.07) is 78.8. The predicted octanol–water partition coefficient (Wildman–Crippen LogP) is 15.4. The maximum Gasteiger partial charge on any atom is 0.143 e. The molecule has 1 heterocycles. The third-order valence-corrected chi connectivity index (χ3v) is 12.2. The number of nitrogens with zero attached hydrogens (tertiary/aromatic N) is 1. The van der Waals surface area contributed by atoms with Crippen LogP contribution < -0.4 is 4.90 Å². The smallest absolute Gasteiger partial charge is 0.143 e. The molecule has 0 N–H and O–H groups in total. The van der Waals surface area contributed by atoms with Crippen LogP contribution in [0.2, 0.25) is 0 Å². The molecule has 0 fully saturated rings. The lowest BCUT2D eigenvalue weighted by Crippen LogP contribution is -2.22. The molecule has 10 aromatic rings. The van der Waals surface area contributed by atoms with Gasteiger partial charge in [0.15, 0.2) is 0 Å². The number of hydrogen-bond acceptors (Lipinski definition) is 2. The highest BCUT2D eigenvalue weighted by Gasteiger charge is 2.41. The molecule has 1 aromatic heterocycles. The largest absolute Gasteiger partial charge is 0.455 e. The molecular formula is C56H39NO. The van der Waals surface area contributed by atoms with Gasteiger partial charge in [0.05, 0.1) is 0 Å². The van der Waals surface area contributed by atoms with Gasteiger partial charge in [0.1, 0.15) is 11.2 Å². The van der Waals surface area contributed by atoms with Gasteiger partial charge in [0.2, 0.25) is 0 Å². The van der Waals surface area contributed by atoms with Crippen LogP contribution in [0, 0.1) is 0 Å². The SMILES string of the molecule is CC1(c2cc(-c3ccc(N(c4ccc(-c5ccccc5)cc4)c4cccc(-c5ccccc5)c4)cc3)c3oc4ccccc4c3c2)c2ccccc2-c2ccccc21. The lowest BCUT2D eigenvalue weighted by atomic mass is 9.73. The number of para-hydroxylation sites is 1. The fourth-order valence-corrected chi connectivity index (χ4v) is 9.22. The van der Waals surface area contributed by atoms with E-state index in [1.807, 2.05) is 0 Å². The van der Waals surface area contributed by atoms with Gasteiger partial charge in [-0.3, -0.25) is 0 Å². The van der Waals surface area contributed by atoms with E-state index in [4.69, 9.17) is 4.42 Å². The van der Waals surface area contributed by atoms with Crippen LogP contribution in [-0.4, -0.2) is 0 Å². The highest BCUT2D eigenvalue weighted by Crippen LogP contribution is 2.54. The van der Waals surface area contributed by atoms with Crippen molar-refractivity contribution in [2.24, 2.45) is 0 Å². The Kier molecular flexibility index (Phi) is 7.97. The number of hydrogen-bond donors (Lipinski definition) is 0. The number of rotatable bonds is 7. The molecule has 1 aliphatic carbocycles. The Labute approximate surface area is 338 Å². The van der Waals surface area contributed by atoms with Gasteiger partial charge in [-0.25, -0.2) is 0 Å². The van der Waals surface area contributed by atoms with Crippen molar-refractivity contribution in [2.45, 2.75) is 12.3 Å². The van der Waals surface area contributed by atoms with Crippen molar-refractivity contribution < 1.29 is 4.42 Å². The maximum absolute atomic E-state index is 6.74. The minimum absolute atomic E-state index is 0.346. The summed E-state index contributed by atoms with van der Waals surface area (Å²) in [4.78, 5) is 2.35. The zero-order valence-electron chi connectivity index (χ0n) is 32.1. The van der Waals surface area contributed by atoms with E-state index in [0.29, 0.717) is 0 Å². The minimum Gasteiger partial charge on any atom is -0.455 e. The maximum atomic E-state index is 6.74. The number of benzene rings is 9. The Bertz CT molecular complexity index is 3060. The third-order valence-electron chi connectivity index (χ3n) is 12.2. The molecule has 0 atom stereocenters. The summed E-state index contributed by atoms with van der Waals surface area (Å²) in [6.45, 7) is 2.39. The van der Waals surface area contributed by atoms with Crippen LogP contribution >= 0.6 is 0 Å². The number of anilines is 3. The van der Waals surface area contributed by atoms with E-state index < -0.39 is 0 Å². The summed E-state index contributed by atoms with van der Waals surface area (Å²) in [7, 11) is 0. The average Bonchev–Trinajstić information content (AvgIpc) is 3.81. The summed E-state index contributed by atoms with van der Waals surface area (Å²) in [6.07, 6.45) is 0.